The second-order valence-corrected chi connectivity index (χ2v) is 8.11. The quantitative estimate of drug-likeness (QED) is 0.193. The lowest BCUT2D eigenvalue weighted by Crippen LogP contribution is -2.39. The minimum atomic E-state index is -1.23. The zero-order valence-electron chi connectivity index (χ0n) is 17.4. The normalized spacial score (nSPS) is 17.7. The predicted molar refractivity (Wildman–Crippen MR) is 124 cm³/mol. The molecular formula is C21H29BrN2O5S. The Hall–Kier alpha value is -1.97. The second-order valence-electron chi connectivity index (χ2n) is 6.50. The van der Waals surface area contributed by atoms with Crippen LogP contribution >= 0.6 is 27.7 Å². The molecule has 0 unspecified atom stereocenters. The Balaban J connectivity index is 3.01. The number of carboxylic acids is 2. The number of hydrogen-bond acceptors (Lipinski definition) is 6. The van der Waals surface area contributed by atoms with E-state index in [-0.39, 0.29) is 5.76 Å². The first-order valence-corrected chi connectivity index (χ1v) is 11.5. The Morgan fingerprint density at radius 3 is 2.50 bits per heavy atom. The highest BCUT2D eigenvalue weighted by Crippen LogP contribution is 2.34. The van der Waals surface area contributed by atoms with Crippen molar-refractivity contribution < 1.29 is 24.5 Å². The highest BCUT2D eigenvalue weighted by Gasteiger charge is 2.15. The number of allylic oxidation sites excluding steroid dienone is 7. The summed E-state index contributed by atoms with van der Waals surface area (Å²) in [6, 6.07) is 0.475. The Labute approximate surface area is 190 Å². The molecule has 7 nitrogen and oxygen atoms in total. The highest BCUT2D eigenvalue weighted by molar-refractivity contribution is 9.12. The van der Waals surface area contributed by atoms with Crippen LogP contribution in [0.15, 0.2) is 56.8 Å². The van der Waals surface area contributed by atoms with Crippen LogP contribution in [0.4, 0.5) is 0 Å². The van der Waals surface area contributed by atoms with Crippen molar-refractivity contribution in [3.05, 3.63) is 56.8 Å². The van der Waals surface area contributed by atoms with E-state index < -0.39 is 18.5 Å². The average Bonchev–Trinajstić information content (AvgIpc) is 2.70. The molecule has 4 N–H and O–H groups in total. The number of piperidine rings is 1. The molecule has 1 aliphatic heterocycles. The molecule has 0 bridgehead atoms. The van der Waals surface area contributed by atoms with Gasteiger partial charge >= 0.3 is 11.9 Å². The first-order valence-electron chi connectivity index (χ1n) is 9.50. The number of halogens is 1. The number of aliphatic carboxylic acids is 2. The van der Waals surface area contributed by atoms with Crippen molar-refractivity contribution in [1.29, 1.82) is 0 Å². The van der Waals surface area contributed by atoms with Gasteiger partial charge in [0, 0.05) is 16.6 Å². The van der Waals surface area contributed by atoms with E-state index in [0.717, 1.165) is 48.2 Å². The molecule has 0 radical (unpaired) electrons. The molecule has 30 heavy (non-hydrogen) atoms. The van der Waals surface area contributed by atoms with Gasteiger partial charge in [-0.3, -0.25) is 0 Å². The van der Waals surface area contributed by atoms with Crippen LogP contribution < -0.4 is 10.6 Å². The summed E-state index contributed by atoms with van der Waals surface area (Å²) in [7, 11) is 0. The van der Waals surface area contributed by atoms with Crippen molar-refractivity contribution in [3.63, 3.8) is 0 Å². The molecule has 1 saturated heterocycles. The van der Waals surface area contributed by atoms with Crippen molar-refractivity contribution in [2.45, 2.75) is 32.7 Å². The van der Waals surface area contributed by atoms with E-state index >= 15 is 0 Å². The summed E-state index contributed by atoms with van der Waals surface area (Å²) in [5, 5.41) is 24.8. The summed E-state index contributed by atoms with van der Waals surface area (Å²) in [4.78, 5) is 22.7. The number of hydrogen-bond donors (Lipinski definition) is 4. The maximum absolute atomic E-state index is 11.1. The summed E-state index contributed by atoms with van der Waals surface area (Å²) in [6.45, 7) is 5.31. The molecule has 1 rings (SSSR count). The van der Waals surface area contributed by atoms with Gasteiger partial charge in [-0.2, -0.15) is 0 Å². The smallest absolute Gasteiger partial charge is 0.341 e. The van der Waals surface area contributed by atoms with Crippen LogP contribution in [0.3, 0.4) is 0 Å². The summed E-state index contributed by atoms with van der Waals surface area (Å²) in [5.74, 6) is -2.47. The molecule has 0 amide bonds. The van der Waals surface area contributed by atoms with Crippen molar-refractivity contribution in [1.82, 2.24) is 10.6 Å². The first kappa shape index (κ1) is 26.1. The Bertz CT molecular complexity index is 765. The summed E-state index contributed by atoms with van der Waals surface area (Å²) in [6.07, 6.45) is 12.6. The van der Waals surface area contributed by atoms with E-state index in [9.17, 15) is 9.59 Å². The van der Waals surface area contributed by atoms with Gasteiger partial charge in [0.05, 0.1) is 10.6 Å². The minimum Gasteiger partial charge on any atom is -0.480 e. The number of rotatable bonds is 11. The summed E-state index contributed by atoms with van der Waals surface area (Å²) in [5.41, 5.74) is 1.91. The molecule has 1 aliphatic rings. The standard InChI is InChI=1S/C21H29BrN2O5S/c1-4-15(7-5-6-14(2)24-16-8-10-23-11-9-16)21(30-3)20(22)17(12-18(25)26)29-13-19(27)28/h4-7,12,16,23-24H,8-11,13H2,1-3H3,(H,25,26)(H,27,28)/b7-5-,14-6+,15-4+,17-12-,21-20+. The van der Waals surface area contributed by atoms with E-state index in [0.29, 0.717) is 10.5 Å². The molecule has 0 saturated carbocycles. The number of carboxylic acid groups (broad SMARTS) is 2. The van der Waals surface area contributed by atoms with Gasteiger partial charge in [0.15, 0.2) is 6.61 Å². The maximum Gasteiger partial charge on any atom is 0.341 e. The van der Waals surface area contributed by atoms with E-state index in [1.54, 1.807) is 0 Å². The SMILES string of the molecule is C/C=C(\C=C/C=C(\C)NC1CCNCC1)C(/SC)=C(Br)/C(=C/C(=O)O)OCC(=O)O. The van der Waals surface area contributed by atoms with Crippen molar-refractivity contribution in [2.24, 2.45) is 0 Å². The number of thioether (sulfide) groups is 1. The zero-order chi connectivity index (χ0) is 22.5. The van der Waals surface area contributed by atoms with Gasteiger partial charge in [-0.1, -0.05) is 18.2 Å². The third-order valence-corrected chi connectivity index (χ3v) is 6.09. The fraction of sp³-hybridized carbons (Fsp3) is 0.429. The van der Waals surface area contributed by atoms with Gasteiger partial charge in [0.2, 0.25) is 0 Å². The predicted octanol–water partition coefficient (Wildman–Crippen LogP) is 3.77. The third-order valence-electron chi connectivity index (χ3n) is 4.19. The lowest BCUT2D eigenvalue weighted by atomic mass is 10.1. The van der Waals surface area contributed by atoms with E-state index in [1.807, 2.05) is 44.4 Å². The Kier molecular flexibility index (Phi) is 12.3. The molecule has 0 spiro atoms. The van der Waals surface area contributed by atoms with E-state index in [1.165, 1.54) is 11.8 Å². The Morgan fingerprint density at radius 1 is 1.30 bits per heavy atom. The molecular weight excluding hydrogens is 472 g/mol. The van der Waals surface area contributed by atoms with Gasteiger partial charge in [-0.05, 0) is 73.6 Å². The molecule has 0 aromatic carbocycles. The fourth-order valence-electron chi connectivity index (χ4n) is 2.80. The van der Waals surface area contributed by atoms with Crippen LogP contribution in [0.1, 0.15) is 26.7 Å². The van der Waals surface area contributed by atoms with Gasteiger partial charge in [0.1, 0.15) is 5.76 Å². The van der Waals surface area contributed by atoms with Crippen molar-refractivity contribution >= 4 is 39.6 Å². The van der Waals surface area contributed by atoms with Gasteiger partial charge in [0.25, 0.3) is 0 Å². The second kappa shape index (κ2) is 14.1. The molecule has 0 aliphatic carbocycles. The number of ether oxygens (including phenoxy) is 1. The topological polar surface area (TPSA) is 108 Å². The van der Waals surface area contributed by atoms with Crippen LogP contribution in [0, 0.1) is 0 Å². The minimum absolute atomic E-state index is 0.0544. The van der Waals surface area contributed by atoms with Crippen molar-refractivity contribution in [3.8, 4) is 0 Å². The lowest BCUT2D eigenvalue weighted by molar-refractivity contribution is -0.141. The van der Waals surface area contributed by atoms with Crippen LogP contribution in [0.25, 0.3) is 0 Å². The van der Waals surface area contributed by atoms with Crippen LogP contribution in [0.2, 0.25) is 0 Å². The Morgan fingerprint density at radius 2 is 1.97 bits per heavy atom. The molecule has 1 fully saturated rings. The molecule has 0 aromatic rings. The third kappa shape index (κ3) is 9.69. The largest absolute Gasteiger partial charge is 0.480 e. The summed E-state index contributed by atoms with van der Waals surface area (Å²) < 4.78 is 5.54. The maximum atomic E-state index is 11.1. The average molecular weight is 501 g/mol. The molecule has 9 heteroatoms. The van der Waals surface area contributed by atoms with E-state index in [2.05, 4.69) is 26.6 Å². The lowest BCUT2D eigenvalue weighted by Gasteiger charge is -2.24. The van der Waals surface area contributed by atoms with E-state index in [4.69, 9.17) is 14.9 Å². The molecule has 166 valence electrons. The summed E-state index contributed by atoms with van der Waals surface area (Å²) >= 11 is 4.77. The number of carbonyl (C=O) groups is 2. The molecule has 0 atom stereocenters. The van der Waals surface area contributed by atoms with Gasteiger partial charge in [-0.15, -0.1) is 11.8 Å². The monoisotopic (exact) mass is 500 g/mol. The molecule has 1 heterocycles. The zero-order valence-corrected chi connectivity index (χ0v) is 19.8. The highest BCUT2D eigenvalue weighted by atomic mass is 79.9. The fourth-order valence-corrected chi connectivity index (χ4v) is 4.45. The van der Waals surface area contributed by atoms with Crippen LogP contribution in [0.5, 0.6) is 0 Å². The first-order chi connectivity index (χ1) is 14.3. The van der Waals surface area contributed by atoms with Crippen LogP contribution in [-0.4, -0.2) is 54.1 Å². The number of nitrogens with one attached hydrogen (secondary N) is 2. The van der Waals surface area contributed by atoms with Gasteiger partial charge < -0.3 is 25.6 Å². The molecule has 0 aromatic heterocycles. The van der Waals surface area contributed by atoms with Crippen molar-refractivity contribution in [2.75, 3.05) is 26.0 Å². The van der Waals surface area contributed by atoms with Gasteiger partial charge in [-0.25, -0.2) is 9.59 Å². The van der Waals surface area contributed by atoms with Crippen LogP contribution in [-0.2, 0) is 14.3 Å².